The molecule has 0 aromatic heterocycles. The molecule has 0 aliphatic rings. The van der Waals surface area contributed by atoms with E-state index in [0.717, 1.165) is 42.5 Å². The van der Waals surface area contributed by atoms with Gasteiger partial charge in [0.15, 0.2) is 17.5 Å². The monoisotopic (exact) mass is 590 g/mol. The summed E-state index contributed by atoms with van der Waals surface area (Å²) in [5.74, 6) is -1.46. The Hall–Kier alpha value is -5.03. The second kappa shape index (κ2) is 12.2. The van der Waals surface area contributed by atoms with Crippen molar-refractivity contribution < 1.29 is 49.0 Å². The van der Waals surface area contributed by atoms with Crippen molar-refractivity contribution in [1.82, 2.24) is 0 Å². The van der Waals surface area contributed by atoms with Crippen LogP contribution < -0.4 is 9.47 Å². The second-order valence-corrected chi connectivity index (χ2v) is 8.40. The van der Waals surface area contributed by atoms with Gasteiger partial charge in [-0.1, -0.05) is 23.7 Å². The summed E-state index contributed by atoms with van der Waals surface area (Å²) in [7, 11) is 0. The maximum atomic E-state index is 14.6. The minimum atomic E-state index is -4.17. The lowest BCUT2D eigenvalue weighted by Gasteiger charge is -2.19. The first-order chi connectivity index (χ1) is 19.9. The third-order valence-corrected chi connectivity index (χ3v) is 5.45. The average molecular weight is 590 g/mol. The molecule has 0 saturated heterocycles. The molecule has 0 aliphatic heterocycles. The first-order valence-corrected chi connectivity index (χ1v) is 11.8. The van der Waals surface area contributed by atoms with E-state index in [1.54, 1.807) is 6.92 Å². The van der Waals surface area contributed by atoms with E-state index in [2.05, 4.69) is 28.4 Å². The first kappa shape index (κ1) is 29.9. The standard InChI is InChI=1S/C31H15F9O2/c1-2-41-20-8-10-23(27(35)15-20)31(39,40)42-21-7-6-19(24(32)16-21)5-3-17-11-25(33)22(26(34)12-17)9-4-18-13-28(36)30(38)29(37)14-18/h6-8,10-16H,2H2,1H3. The van der Waals surface area contributed by atoms with Gasteiger partial charge in [0.25, 0.3) is 0 Å². The predicted molar refractivity (Wildman–Crippen MR) is 133 cm³/mol. The first-order valence-electron chi connectivity index (χ1n) is 11.8. The van der Waals surface area contributed by atoms with Gasteiger partial charge >= 0.3 is 6.11 Å². The van der Waals surface area contributed by atoms with Crippen molar-refractivity contribution in [2.75, 3.05) is 6.61 Å². The van der Waals surface area contributed by atoms with Crippen molar-refractivity contribution in [3.63, 3.8) is 0 Å². The van der Waals surface area contributed by atoms with Gasteiger partial charge in [-0.15, -0.1) is 0 Å². The Morgan fingerprint density at radius 1 is 0.595 bits per heavy atom. The lowest BCUT2D eigenvalue weighted by Crippen LogP contribution is -2.23. The summed E-state index contributed by atoms with van der Waals surface area (Å²) < 4.78 is 136. The van der Waals surface area contributed by atoms with Crippen LogP contribution in [0, 0.1) is 64.4 Å². The van der Waals surface area contributed by atoms with Crippen LogP contribution in [0.1, 0.15) is 34.7 Å². The fourth-order valence-electron chi connectivity index (χ4n) is 3.52. The van der Waals surface area contributed by atoms with Crippen LogP contribution >= 0.6 is 0 Å². The topological polar surface area (TPSA) is 18.5 Å². The van der Waals surface area contributed by atoms with Gasteiger partial charge in [-0.25, -0.2) is 30.7 Å². The highest BCUT2D eigenvalue weighted by molar-refractivity contribution is 5.50. The summed E-state index contributed by atoms with van der Waals surface area (Å²) >= 11 is 0. The molecule has 0 amide bonds. The van der Waals surface area contributed by atoms with Crippen LogP contribution in [0.4, 0.5) is 39.5 Å². The summed E-state index contributed by atoms with van der Waals surface area (Å²) in [6, 6.07) is 7.74. The molecule has 4 rings (SSSR count). The van der Waals surface area contributed by atoms with E-state index in [4.69, 9.17) is 4.74 Å². The highest BCUT2D eigenvalue weighted by Crippen LogP contribution is 2.35. The number of rotatable bonds is 5. The molecule has 214 valence electrons. The zero-order valence-corrected chi connectivity index (χ0v) is 21.2. The molecule has 0 spiro atoms. The fourth-order valence-corrected chi connectivity index (χ4v) is 3.52. The number of ether oxygens (including phenoxy) is 2. The molecule has 11 heteroatoms. The van der Waals surface area contributed by atoms with E-state index < -0.39 is 63.7 Å². The van der Waals surface area contributed by atoms with Gasteiger partial charge in [-0.05, 0) is 55.5 Å². The highest BCUT2D eigenvalue weighted by atomic mass is 19.3. The smallest absolute Gasteiger partial charge is 0.429 e. The molecule has 42 heavy (non-hydrogen) atoms. The van der Waals surface area contributed by atoms with E-state index in [-0.39, 0.29) is 29.0 Å². The van der Waals surface area contributed by atoms with Crippen molar-refractivity contribution in [2.24, 2.45) is 0 Å². The third kappa shape index (κ3) is 6.81. The van der Waals surface area contributed by atoms with Crippen LogP contribution in [0.5, 0.6) is 11.5 Å². The van der Waals surface area contributed by atoms with Crippen LogP contribution in [0.25, 0.3) is 0 Å². The minimum absolute atomic E-state index is 0.0317. The van der Waals surface area contributed by atoms with Gasteiger partial charge in [0.2, 0.25) is 0 Å². The van der Waals surface area contributed by atoms with Gasteiger partial charge in [-0.3, -0.25) is 0 Å². The Labute approximate surface area is 233 Å². The van der Waals surface area contributed by atoms with E-state index in [0.29, 0.717) is 18.2 Å². The quantitative estimate of drug-likeness (QED) is 0.133. The normalized spacial score (nSPS) is 10.8. The van der Waals surface area contributed by atoms with Gasteiger partial charge < -0.3 is 9.47 Å². The van der Waals surface area contributed by atoms with E-state index in [9.17, 15) is 39.5 Å². The lowest BCUT2D eigenvalue weighted by atomic mass is 10.1. The summed E-state index contributed by atoms with van der Waals surface area (Å²) in [5, 5.41) is 0. The summed E-state index contributed by atoms with van der Waals surface area (Å²) in [6.07, 6.45) is -4.17. The van der Waals surface area contributed by atoms with Crippen molar-refractivity contribution in [2.45, 2.75) is 13.0 Å². The molecule has 0 fully saturated rings. The molecule has 0 saturated carbocycles. The molecule has 4 aromatic carbocycles. The van der Waals surface area contributed by atoms with E-state index in [1.807, 2.05) is 0 Å². The summed E-state index contributed by atoms with van der Waals surface area (Å²) in [6.45, 7) is 1.82. The van der Waals surface area contributed by atoms with Crippen molar-refractivity contribution in [3.8, 4) is 35.2 Å². The number of halogens is 9. The van der Waals surface area contributed by atoms with Crippen LogP contribution in [-0.2, 0) is 6.11 Å². The molecule has 0 radical (unpaired) electrons. The number of benzene rings is 4. The predicted octanol–water partition coefficient (Wildman–Crippen LogP) is 7.99. The lowest BCUT2D eigenvalue weighted by molar-refractivity contribution is -0.187. The zero-order chi connectivity index (χ0) is 30.6. The Balaban J connectivity index is 1.52. The molecule has 0 unspecified atom stereocenters. The average Bonchev–Trinajstić information content (AvgIpc) is 2.90. The Morgan fingerprint density at radius 3 is 1.71 bits per heavy atom. The minimum Gasteiger partial charge on any atom is -0.494 e. The molecule has 2 nitrogen and oxygen atoms in total. The Bertz CT molecular complexity index is 1750. The van der Waals surface area contributed by atoms with Crippen LogP contribution in [0.15, 0.2) is 60.7 Å². The van der Waals surface area contributed by atoms with E-state index in [1.165, 1.54) is 0 Å². The molecule has 4 aromatic rings. The van der Waals surface area contributed by atoms with Gasteiger partial charge in [0.1, 0.15) is 40.3 Å². The van der Waals surface area contributed by atoms with Gasteiger partial charge in [0.05, 0.1) is 17.7 Å². The number of hydrogen-bond donors (Lipinski definition) is 0. The summed E-state index contributed by atoms with van der Waals surface area (Å²) in [5.41, 5.74) is -2.86. The SMILES string of the molecule is CCOc1ccc(C(F)(F)Oc2ccc(C#Cc3cc(F)c(C#Cc4cc(F)c(F)c(F)c4)c(F)c3)c(F)c2)c(F)c1. The molecule has 0 N–H and O–H groups in total. The van der Waals surface area contributed by atoms with E-state index >= 15 is 0 Å². The van der Waals surface area contributed by atoms with Crippen LogP contribution in [0.2, 0.25) is 0 Å². The maximum Gasteiger partial charge on any atom is 0.429 e. The van der Waals surface area contributed by atoms with Gasteiger partial charge in [0, 0.05) is 23.3 Å². The Morgan fingerprint density at radius 2 is 1.14 bits per heavy atom. The van der Waals surface area contributed by atoms with Crippen molar-refractivity contribution in [3.05, 3.63) is 129 Å². The molecule has 0 heterocycles. The number of alkyl halides is 2. The maximum absolute atomic E-state index is 14.6. The van der Waals surface area contributed by atoms with Gasteiger partial charge in [-0.2, -0.15) is 8.78 Å². The molecule has 0 atom stereocenters. The number of hydrogen-bond acceptors (Lipinski definition) is 2. The largest absolute Gasteiger partial charge is 0.494 e. The summed E-state index contributed by atoms with van der Waals surface area (Å²) in [4.78, 5) is 0. The molecular weight excluding hydrogens is 575 g/mol. The van der Waals surface area contributed by atoms with Crippen LogP contribution in [-0.4, -0.2) is 6.61 Å². The highest BCUT2D eigenvalue weighted by Gasteiger charge is 2.38. The molecule has 0 bridgehead atoms. The molecular formula is C31H15F9O2. The zero-order valence-electron chi connectivity index (χ0n) is 21.2. The van der Waals surface area contributed by atoms with Crippen molar-refractivity contribution in [1.29, 1.82) is 0 Å². The third-order valence-electron chi connectivity index (χ3n) is 5.45. The Kier molecular flexibility index (Phi) is 8.72. The second-order valence-electron chi connectivity index (χ2n) is 8.40. The fraction of sp³-hybridized carbons (Fsp3) is 0.0968. The van der Waals surface area contributed by atoms with Crippen LogP contribution in [0.3, 0.4) is 0 Å². The molecule has 0 aliphatic carbocycles. The van der Waals surface area contributed by atoms with Crippen molar-refractivity contribution >= 4 is 0 Å².